The fourth-order valence-electron chi connectivity index (χ4n) is 7.98. The Bertz CT molecular complexity index is 2660. The number of benzene rings is 6. The molecule has 0 bridgehead atoms. The van der Waals surface area contributed by atoms with Crippen molar-refractivity contribution in [2.24, 2.45) is 0 Å². The van der Waals surface area contributed by atoms with E-state index in [2.05, 4.69) is 162 Å². The molecular formula is C46H33N3. The Morgan fingerprint density at radius 3 is 1.98 bits per heavy atom. The molecule has 1 unspecified atom stereocenters. The highest BCUT2D eigenvalue weighted by Crippen LogP contribution is 2.43. The van der Waals surface area contributed by atoms with Crippen LogP contribution in [0.5, 0.6) is 0 Å². The number of aromatic nitrogens is 3. The van der Waals surface area contributed by atoms with Crippen LogP contribution in [0.4, 0.5) is 0 Å². The molecule has 3 heteroatoms. The molecular weight excluding hydrogens is 595 g/mol. The summed E-state index contributed by atoms with van der Waals surface area (Å²) in [7, 11) is 0. The Labute approximate surface area is 284 Å². The zero-order valence-electron chi connectivity index (χ0n) is 27.1. The average molecular weight is 628 g/mol. The van der Waals surface area contributed by atoms with Crippen molar-refractivity contribution in [3.05, 3.63) is 169 Å². The Kier molecular flexibility index (Phi) is 6.45. The minimum absolute atomic E-state index is 0.106. The first-order valence-corrected chi connectivity index (χ1v) is 17.2. The third-order valence-electron chi connectivity index (χ3n) is 10.4. The molecule has 0 amide bonds. The Morgan fingerprint density at radius 1 is 0.592 bits per heavy atom. The first-order valence-electron chi connectivity index (χ1n) is 17.2. The normalized spacial score (nSPS) is 16.2. The number of hydrogen-bond donors (Lipinski definition) is 0. The van der Waals surface area contributed by atoms with E-state index < -0.39 is 0 Å². The van der Waals surface area contributed by atoms with E-state index in [1.54, 1.807) is 0 Å². The van der Waals surface area contributed by atoms with E-state index in [4.69, 9.17) is 9.97 Å². The van der Waals surface area contributed by atoms with E-state index >= 15 is 0 Å². The summed E-state index contributed by atoms with van der Waals surface area (Å²) in [6.07, 6.45) is 16.3. The molecule has 1 atom stereocenters. The van der Waals surface area contributed by atoms with Crippen LogP contribution in [0.2, 0.25) is 0 Å². The van der Waals surface area contributed by atoms with Crippen LogP contribution in [0.15, 0.2) is 158 Å². The second-order valence-electron chi connectivity index (χ2n) is 13.3. The molecule has 10 rings (SSSR count). The van der Waals surface area contributed by atoms with Crippen LogP contribution in [-0.4, -0.2) is 14.5 Å². The largest absolute Gasteiger partial charge is 0.313 e. The SMILES string of the molecule is C1=CCCC(c2cc(C3C=CC=C(n4c5ccc6ccccc6c5c5c6ccccc6ccc54)C3)nc(-c3ccc4ccccc4c3)n2)=C1. The lowest BCUT2D eigenvalue weighted by atomic mass is 9.92. The van der Waals surface area contributed by atoms with Gasteiger partial charge in [-0.05, 0) is 87.5 Å². The van der Waals surface area contributed by atoms with Crippen LogP contribution in [0.3, 0.4) is 0 Å². The van der Waals surface area contributed by atoms with Crippen molar-refractivity contribution < 1.29 is 0 Å². The third kappa shape index (κ3) is 4.65. The first-order chi connectivity index (χ1) is 24.3. The lowest BCUT2D eigenvalue weighted by Crippen LogP contribution is -2.09. The summed E-state index contributed by atoms with van der Waals surface area (Å²) in [5, 5.41) is 10.2. The average Bonchev–Trinajstić information content (AvgIpc) is 3.53. The molecule has 2 aromatic heterocycles. The summed E-state index contributed by atoms with van der Waals surface area (Å²) in [6, 6.07) is 44.0. The predicted octanol–water partition coefficient (Wildman–Crippen LogP) is 12.0. The molecule has 3 nitrogen and oxygen atoms in total. The van der Waals surface area contributed by atoms with Crippen LogP contribution in [0.25, 0.3) is 76.8 Å². The van der Waals surface area contributed by atoms with Gasteiger partial charge in [0.05, 0.1) is 22.4 Å². The van der Waals surface area contributed by atoms with Gasteiger partial charge in [0.1, 0.15) is 0 Å². The minimum atomic E-state index is 0.106. The van der Waals surface area contributed by atoms with Gasteiger partial charge in [0.15, 0.2) is 5.82 Å². The fraction of sp³-hybridized carbons (Fsp3) is 0.0870. The van der Waals surface area contributed by atoms with E-state index in [-0.39, 0.29) is 5.92 Å². The minimum Gasteiger partial charge on any atom is -0.313 e. The highest BCUT2D eigenvalue weighted by Gasteiger charge is 2.24. The molecule has 6 aromatic carbocycles. The maximum Gasteiger partial charge on any atom is 0.160 e. The zero-order valence-corrected chi connectivity index (χ0v) is 27.1. The van der Waals surface area contributed by atoms with Crippen LogP contribution in [-0.2, 0) is 0 Å². The van der Waals surface area contributed by atoms with Crippen LogP contribution >= 0.6 is 0 Å². The summed E-state index contributed by atoms with van der Waals surface area (Å²) in [4.78, 5) is 10.5. The van der Waals surface area contributed by atoms with Crippen molar-refractivity contribution in [3.63, 3.8) is 0 Å². The molecule has 8 aromatic rings. The highest BCUT2D eigenvalue weighted by atomic mass is 15.0. The lowest BCUT2D eigenvalue weighted by molar-refractivity contribution is 0.797. The highest BCUT2D eigenvalue weighted by molar-refractivity contribution is 6.28. The molecule has 0 saturated carbocycles. The standard InChI is InChI=1S/C46H33N3/c1-2-14-33(15-3-1)40-29-41(48-46(47-40)36-22-21-30-11-4-5-16-34(30)27-36)35-17-10-18-37(28-35)49-42-25-23-31-12-6-8-19-38(31)44(42)45-39-20-9-7-13-32(39)24-26-43(45)49/h1-2,4-14,16-27,29,35H,3,15,28H2. The van der Waals surface area contributed by atoms with Crippen molar-refractivity contribution in [2.45, 2.75) is 25.2 Å². The molecule has 232 valence electrons. The van der Waals surface area contributed by atoms with E-state index in [1.807, 2.05) is 0 Å². The van der Waals surface area contributed by atoms with Gasteiger partial charge in [-0.2, -0.15) is 0 Å². The number of nitrogens with zero attached hydrogens (tertiary/aromatic N) is 3. The Morgan fingerprint density at radius 2 is 1.27 bits per heavy atom. The second kappa shape index (κ2) is 11.3. The monoisotopic (exact) mass is 627 g/mol. The summed E-state index contributed by atoms with van der Waals surface area (Å²) in [5.41, 5.74) is 8.15. The van der Waals surface area contributed by atoms with Crippen LogP contribution in [0.1, 0.15) is 36.6 Å². The Hall–Kier alpha value is -6.06. The molecule has 0 aliphatic heterocycles. The maximum atomic E-state index is 5.31. The van der Waals surface area contributed by atoms with Gasteiger partial charge in [-0.15, -0.1) is 0 Å². The van der Waals surface area contributed by atoms with Crippen molar-refractivity contribution in [3.8, 4) is 11.4 Å². The molecule has 0 radical (unpaired) electrons. The fourth-order valence-corrected chi connectivity index (χ4v) is 7.98. The summed E-state index contributed by atoms with van der Waals surface area (Å²) in [5.74, 6) is 0.891. The zero-order chi connectivity index (χ0) is 32.3. The lowest BCUT2D eigenvalue weighted by Gasteiger charge is -2.22. The second-order valence-corrected chi connectivity index (χ2v) is 13.3. The van der Waals surface area contributed by atoms with E-state index in [0.29, 0.717) is 0 Å². The van der Waals surface area contributed by atoms with Crippen LogP contribution < -0.4 is 0 Å². The number of fused-ring (bicyclic) bond motifs is 8. The predicted molar refractivity (Wildman–Crippen MR) is 207 cm³/mol. The number of allylic oxidation sites excluding steroid dienone is 8. The van der Waals surface area contributed by atoms with Crippen LogP contribution in [0, 0.1) is 0 Å². The van der Waals surface area contributed by atoms with Gasteiger partial charge in [-0.25, -0.2) is 9.97 Å². The van der Waals surface area contributed by atoms with Crippen molar-refractivity contribution >= 4 is 65.4 Å². The smallest absolute Gasteiger partial charge is 0.160 e. The van der Waals surface area contributed by atoms with E-state index in [0.717, 1.165) is 42.0 Å². The molecule has 2 heterocycles. The summed E-state index contributed by atoms with van der Waals surface area (Å²) >= 11 is 0. The summed E-state index contributed by atoms with van der Waals surface area (Å²) in [6.45, 7) is 0. The van der Waals surface area contributed by atoms with Crippen molar-refractivity contribution in [2.75, 3.05) is 0 Å². The molecule has 0 fully saturated rings. The molecule has 0 spiro atoms. The van der Waals surface area contributed by atoms with Gasteiger partial charge in [0.25, 0.3) is 0 Å². The number of hydrogen-bond acceptors (Lipinski definition) is 2. The van der Waals surface area contributed by atoms with Gasteiger partial charge in [0, 0.05) is 28.0 Å². The molecule has 2 aliphatic carbocycles. The first kappa shape index (κ1) is 28.0. The maximum absolute atomic E-state index is 5.31. The Balaban J connectivity index is 1.14. The molecule has 0 N–H and O–H groups in total. The summed E-state index contributed by atoms with van der Waals surface area (Å²) < 4.78 is 2.50. The van der Waals surface area contributed by atoms with E-state index in [9.17, 15) is 0 Å². The van der Waals surface area contributed by atoms with Gasteiger partial charge in [-0.1, -0.05) is 127 Å². The molecule has 2 aliphatic rings. The third-order valence-corrected chi connectivity index (χ3v) is 10.4. The van der Waals surface area contributed by atoms with Gasteiger partial charge < -0.3 is 4.57 Å². The quantitative estimate of drug-likeness (QED) is 0.194. The number of rotatable bonds is 4. The van der Waals surface area contributed by atoms with Crippen molar-refractivity contribution in [1.29, 1.82) is 0 Å². The van der Waals surface area contributed by atoms with Gasteiger partial charge >= 0.3 is 0 Å². The van der Waals surface area contributed by atoms with Gasteiger partial charge in [-0.3, -0.25) is 0 Å². The topological polar surface area (TPSA) is 30.7 Å². The molecule has 49 heavy (non-hydrogen) atoms. The van der Waals surface area contributed by atoms with Gasteiger partial charge in [0.2, 0.25) is 0 Å². The molecule has 0 saturated heterocycles. The van der Waals surface area contributed by atoms with E-state index in [1.165, 1.54) is 65.4 Å². The van der Waals surface area contributed by atoms with Crippen molar-refractivity contribution in [1.82, 2.24) is 14.5 Å².